The van der Waals surface area contributed by atoms with Gasteiger partial charge in [-0.3, -0.25) is 10.00 Å². The van der Waals surface area contributed by atoms with E-state index in [1.165, 1.54) is 6.42 Å². The highest BCUT2D eigenvalue weighted by Crippen LogP contribution is 2.43. The highest BCUT2D eigenvalue weighted by atomic mass is 16.2. The predicted molar refractivity (Wildman–Crippen MR) is 120 cm³/mol. The van der Waals surface area contributed by atoms with Gasteiger partial charge in [0, 0.05) is 35.9 Å². The number of anilines is 2. The minimum Gasteiger partial charge on any atom is -0.323 e. The van der Waals surface area contributed by atoms with Gasteiger partial charge in [-0.2, -0.15) is 5.10 Å². The van der Waals surface area contributed by atoms with Gasteiger partial charge in [-0.05, 0) is 66.1 Å². The Hall–Kier alpha value is -2.61. The largest absolute Gasteiger partial charge is 0.323 e. The maximum Gasteiger partial charge on any atom is 0.321 e. The van der Waals surface area contributed by atoms with Crippen LogP contribution in [-0.2, 0) is 12.1 Å². The van der Waals surface area contributed by atoms with Crippen molar-refractivity contribution in [2.45, 2.75) is 71.1 Å². The summed E-state index contributed by atoms with van der Waals surface area (Å²) in [7, 11) is 0. The number of aromatic nitrogens is 3. The average Bonchev–Trinajstić information content (AvgIpc) is 3.35. The van der Waals surface area contributed by atoms with E-state index >= 15 is 0 Å². The molecule has 5 rings (SSSR count). The number of aryl methyl sites for hydroxylation is 1. The van der Waals surface area contributed by atoms with Gasteiger partial charge in [0.2, 0.25) is 0 Å². The SMILES string of the molecule is Cc1cccc(Nc2n[nH]c3c2CN(C(=O)N2C[C@]4(C)CCCN4C[C@@H]2C)C3(C)C)n1. The van der Waals surface area contributed by atoms with Crippen LogP contribution in [0.3, 0.4) is 0 Å². The molecule has 2 atom stereocenters. The van der Waals surface area contributed by atoms with Crippen LogP contribution in [0.4, 0.5) is 16.4 Å². The third kappa shape index (κ3) is 3.19. The maximum atomic E-state index is 13.8. The van der Waals surface area contributed by atoms with Gasteiger partial charge in [-0.1, -0.05) is 6.07 Å². The number of urea groups is 1. The number of carbonyl (C=O) groups is 1. The fraction of sp³-hybridized carbons (Fsp3) is 0.609. The van der Waals surface area contributed by atoms with Gasteiger partial charge in [0.05, 0.1) is 17.8 Å². The topological polar surface area (TPSA) is 80.4 Å². The molecule has 0 bridgehead atoms. The Bertz CT molecular complexity index is 1020. The Morgan fingerprint density at radius 2 is 2.10 bits per heavy atom. The first kappa shape index (κ1) is 20.3. The standard InChI is InChI=1S/C23H33N7O/c1-15-8-6-9-18(24-15)25-20-17-13-30(22(3,4)19(17)26-27-20)21(31)29-14-23(5)10-7-11-28(23)12-16(29)2/h6,8-9,16H,7,10-14H2,1-5H3,(H2,24,25,26,27)/t16-,23-/m0/s1. The van der Waals surface area contributed by atoms with E-state index in [2.05, 4.69) is 58.0 Å². The molecule has 0 aromatic carbocycles. The summed E-state index contributed by atoms with van der Waals surface area (Å²) in [6.45, 7) is 14.1. The van der Waals surface area contributed by atoms with Crippen LogP contribution >= 0.6 is 0 Å². The van der Waals surface area contributed by atoms with Crippen molar-refractivity contribution in [3.63, 3.8) is 0 Å². The quantitative estimate of drug-likeness (QED) is 0.772. The van der Waals surface area contributed by atoms with Crippen LogP contribution in [0.1, 0.15) is 57.5 Å². The van der Waals surface area contributed by atoms with E-state index in [-0.39, 0.29) is 17.6 Å². The first-order valence-corrected chi connectivity index (χ1v) is 11.3. The molecule has 2 aromatic heterocycles. The maximum absolute atomic E-state index is 13.8. The van der Waals surface area contributed by atoms with Crippen molar-refractivity contribution in [3.05, 3.63) is 35.2 Å². The molecule has 0 spiro atoms. The molecule has 3 aliphatic rings. The van der Waals surface area contributed by atoms with Crippen molar-refractivity contribution in [3.8, 4) is 0 Å². The summed E-state index contributed by atoms with van der Waals surface area (Å²) in [5.74, 6) is 1.51. The number of amides is 2. The molecular formula is C23H33N7O. The Morgan fingerprint density at radius 3 is 2.87 bits per heavy atom. The average molecular weight is 424 g/mol. The fourth-order valence-electron chi connectivity index (χ4n) is 5.58. The molecule has 8 nitrogen and oxygen atoms in total. The molecule has 0 aliphatic carbocycles. The number of aromatic amines is 1. The van der Waals surface area contributed by atoms with Crippen LogP contribution < -0.4 is 5.32 Å². The normalized spacial score (nSPS) is 27.3. The van der Waals surface area contributed by atoms with E-state index in [9.17, 15) is 4.79 Å². The van der Waals surface area contributed by atoms with E-state index in [4.69, 9.17) is 0 Å². The van der Waals surface area contributed by atoms with Gasteiger partial charge < -0.3 is 15.1 Å². The zero-order chi connectivity index (χ0) is 22.0. The summed E-state index contributed by atoms with van der Waals surface area (Å²) in [5, 5.41) is 11.0. The molecular weight excluding hydrogens is 390 g/mol. The van der Waals surface area contributed by atoms with Crippen molar-refractivity contribution in [2.75, 3.05) is 25.0 Å². The second-order valence-electron chi connectivity index (χ2n) is 10.2. The van der Waals surface area contributed by atoms with Crippen molar-refractivity contribution in [1.82, 2.24) is 29.9 Å². The summed E-state index contributed by atoms with van der Waals surface area (Å²) >= 11 is 0. The summed E-state index contributed by atoms with van der Waals surface area (Å²) in [4.78, 5) is 25.0. The summed E-state index contributed by atoms with van der Waals surface area (Å²) in [5.41, 5.74) is 2.63. The van der Waals surface area contributed by atoms with Crippen molar-refractivity contribution in [1.29, 1.82) is 0 Å². The monoisotopic (exact) mass is 423 g/mol. The van der Waals surface area contributed by atoms with E-state index in [0.29, 0.717) is 6.54 Å². The van der Waals surface area contributed by atoms with E-state index in [1.54, 1.807) is 0 Å². The van der Waals surface area contributed by atoms with Crippen molar-refractivity contribution in [2.24, 2.45) is 0 Å². The Kier molecular flexibility index (Phi) is 4.55. The molecule has 3 aliphatic heterocycles. The molecule has 0 radical (unpaired) electrons. The zero-order valence-corrected chi connectivity index (χ0v) is 19.2. The molecule has 2 fully saturated rings. The predicted octanol–water partition coefficient (Wildman–Crippen LogP) is 3.59. The van der Waals surface area contributed by atoms with Gasteiger partial charge in [0.25, 0.3) is 0 Å². The lowest BCUT2D eigenvalue weighted by Crippen LogP contribution is -2.65. The third-order valence-electron chi connectivity index (χ3n) is 7.52. The van der Waals surface area contributed by atoms with Gasteiger partial charge in [0.15, 0.2) is 5.82 Å². The van der Waals surface area contributed by atoms with Gasteiger partial charge in [0.1, 0.15) is 5.82 Å². The van der Waals surface area contributed by atoms with E-state index in [0.717, 1.165) is 54.6 Å². The van der Waals surface area contributed by atoms with Crippen LogP contribution in [0.25, 0.3) is 0 Å². The van der Waals surface area contributed by atoms with Crippen LogP contribution in [0.5, 0.6) is 0 Å². The van der Waals surface area contributed by atoms with E-state index in [1.807, 2.05) is 30.0 Å². The number of carbonyl (C=O) groups excluding carboxylic acids is 1. The Labute approximate surface area is 184 Å². The minimum atomic E-state index is -0.452. The number of nitrogens with zero attached hydrogens (tertiary/aromatic N) is 5. The Morgan fingerprint density at radius 1 is 1.29 bits per heavy atom. The molecule has 2 saturated heterocycles. The van der Waals surface area contributed by atoms with Crippen LogP contribution in [-0.4, -0.2) is 67.1 Å². The van der Waals surface area contributed by atoms with Crippen LogP contribution in [0, 0.1) is 6.92 Å². The number of pyridine rings is 1. The molecule has 2 N–H and O–H groups in total. The molecule has 166 valence electrons. The number of rotatable bonds is 2. The van der Waals surface area contributed by atoms with Gasteiger partial charge in [-0.15, -0.1) is 0 Å². The first-order chi connectivity index (χ1) is 14.7. The number of fused-ring (bicyclic) bond motifs is 2. The number of hydrogen-bond donors (Lipinski definition) is 2. The van der Waals surface area contributed by atoms with Crippen molar-refractivity contribution < 1.29 is 4.79 Å². The molecule has 31 heavy (non-hydrogen) atoms. The first-order valence-electron chi connectivity index (χ1n) is 11.3. The number of H-pyrrole nitrogens is 1. The van der Waals surface area contributed by atoms with Gasteiger partial charge in [-0.25, -0.2) is 9.78 Å². The smallest absolute Gasteiger partial charge is 0.321 e. The number of piperazine rings is 1. The second kappa shape index (κ2) is 6.95. The third-order valence-corrected chi connectivity index (χ3v) is 7.52. The van der Waals surface area contributed by atoms with Crippen LogP contribution in [0.15, 0.2) is 18.2 Å². The van der Waals surface area contributed by atoms with Crippen molar-refractivity contribution >= 4 is 17.7 Å². The molecule has 8 heteroatoms. The Balaban J connectivity index is 1.39. The van der Waals surface area contributed by atoms with E-state index < -0.39 is 5.54 Å². The highest BCUT2D eigenvalue weighted by molar-refractivity contribution is 5.78. The lowest BCUT2D eigenvalue weighted by molar-refractivity contribution is 0.00691. The summed E-state index contributed by atoms with van der Waals surface area (Å²) in [6, 6.07) is 6.20. The number of hydrogen-bond acceptors (Lipinski definition) is 5. The second-order valence-corrected chi connectivity index (χ2v) is 10.2. The molecule has 0 saturated carbocycles. The summed E-state index contributed by atoms with van der Waals surface area (Å²) in [6.07, 6.45) is 2.38. The van der Waals surface area contributed by atoms with Crippen LogP contribution in [0.2, 0.25) is 0 Å². The summed E-state index contributed by atoms with van der Waals surface area (Å²) < 4.78 is 0. The lowest BCUT2D eigenvalue weighted by atomic mass is 9.94. The lowest BCUT2D eigenvalue weighted by Gasteiger charge is -2.50. The number of nitrogens with one attached hydrogen (secondary N) is 2. The molecule has 0 unspecified atom stereocenters. The van der Waals surface area contributed by atoms with Gasteiger partial charge >= 0.3 is 6.03 Å². The molecule has 2 amide bonds. The zero-order valence-electron chi connectivity index (χ0n) is 19.2. The molecule has 2 aromatic rings. The fourth-order valence-corrected chi connectivity index (χ4v) is 5.58. The highest BCUT2D eigenvalue weighted by Gasteiger charge is 2.50. The minimum absolute atomic E-state index is 0.103. The molecule has 5 heterocycles.